The number of fused-ring (bicyclic) bond motifs is 2. The van der Waals surface area contributed by atoms with Crippen LogP contribution in [-0.2, 0) is 27.7 Å². The number of alkyl halides is 3. The van der Waals surface area contributed by atoms with Crippen LogP contribution >= 0.6 is 11.6 Å². The molecule has 202 valence electrons. The fourth-order valence-electron chi connectivity index (χ4n) is 3.96. The number of nitrogens with one attached hydrogen (secondary N) is 1. The fraction of sp³-hybridized carbons (Fsp3) is 0.200. The lowest BCUT2D eigenvalue weighted by molar-refractivity contribution is -0.0527. The van der Waals surface area contributed by atoms with E-state index >= 15 is 0 Å². The summed E-state index contributed by atoms with van der Waals surface area (Å²) in [4.78, 5) is 16.5. The minimum Gasteiger partial charge on any atom is -0.417 e. The molecule has 1 atom stereocenters. The number of pyridine rings is 1. The molecule has 0 unspecified atom stereocenters. The first-order valence-corrected chi connectivity index (χ1v) is 13.3. The smallest absolute Gasteiger partial charge is 0.388 e. The maximum atomic E-state index is 14.2. The highest BCUT2D eigenvalue weighted by Crippen LogP contribution is 2.32. The molecule has 4 aromatic rings. The molecule has 1 aliphatic rings. The van der Waals surface area contributed by atoms with Gasteiger partial charge in [-0.25, -0.2) is 17.8 Å². The maximum Gasteiger partial charge on any atom is 0.388 e. The molecule has 0 radical (unpaired) electrons. The van der Waals surface area contributed by atoms with Crippen molar-refractivity contribution in [3.63, 3.8) is 0 Å². The second-order valence-electron chi connectivity index (χ2n) is 8.44. The van der Waals surface area contributed by atoms with Gasteiger partial charge in [-0.05, 0) is 36.4 Å². The summed E-state index contributed by atoms with van der Waals surface area (Å²) in [6.07, 6.45) is 0. The normalized spacial score (nSPS) is 16.5. The molecule has 1 aliphatic heterocycles. The standard InChI is InChI=1S/C25H18ClF3N4O5S/c26-18-8-15(9-21-17(18)11-37-12-22(27)39(21,35)36)24(34)30-10-16-7-14-6-13(4-5-20(14)33-32-16)19-2-1-3-23(31-19)38-25(28)29/h1-9,22,25H,10-12H2,(H,30,34)/t22-/m1/s1. The summed E-state index contributed by atoms with van der Waals surface area (Å²) in [5.41, 5.74) is -0.338. The van der Waals surface area contributed by atoms with Gasteiger partial charge in [-0.1, -0.05) is 23.7 Å². The van der Waals surface area contributed by atoms with Gasteiger partial charge < -0.3 is 14.8 Å². The zero-order chi connectivity index (χ0) is 27.7. The number of carbonyl (C=O) groups is 1. The first-order chi connectivity index (χ1) is 18.6. The predicted octanol–water partition coefficient (Wildman–Crippen LogP) is 4.48. The second-order valence-corrected chi connectivity index (χ2v) is 10.9. The van der Waals surface area contributed by atoms with Crippen molar-refractivity contribution in [3.8, 4) is 17.1 Å². The van der Waals surface area contributed by atoms with Crippen molar-refractivity contribution in [2.75, 3.05) is 6.61 Å². The molecule has 9 nitrogen and oxygen atoms in total. The van der Waals surface area contributed by atoms with Crippen LogP contribution in [0, 0.1) is 0 Å². The van der Waals surface area contributed by atoms with Crippen LogP contribution < -0.4 is 10.1 Å². The van der Waals surface area contributed by atoms with Gasteiger partial charge in [0, 0.05) is 33.2 Å². The summed E-state index contributed by atoms with van der Waals surface area (Å²) in [5, 5.41) is 11.4. The van der Waals surface area contributed by atoms with Gasteiger partial charge in [0.2, 0.25) is 21.2 Å². The van der Waals surface area contributed by atoms with E-state index in [-0.39, 0.29) is 40.1 Å². The van der Waals surface area contributed by atoms with E-state index in [2.05, 4.69) is 25.2 Å². The van der Waals surface area contributed by atoms with Gasteiger partial charge in [-0.3, -0.25) is 4.79 Å². The van der Waals surface area contributed by atoms with Crippen molar-refractivity contribution < 1.29 is 35.9 Å². The SMILES string of the molecule is O=C(NCc1cc2cc(-c3cccc(OC(F)F)n3)ccc2nn1)c1cc(Cl)c2c(c1)S(=O)(=O)[C@@H](F)COC2. The number of sulfone groups is 1. The van der Waals surface area contributed by atoms with Crippen LogP contribution in [0.1, 0.15) is 21.6 Å². The number of benzene rings is 2. The van der Waals surface area contributed by atoms with Crippen molar-refractivity contribution in [1.82, 2.24) is 20.5 Å². The van der Waals surface area contributed by atoms with Crippen molar-refractivity contribution in [3.05, 3.63) is 76.4 Å². The molecule has 0 saturated carbocycles. The highest BCUT2D eigenvalue weighted by Gasteiger charge is 2.34. The minimum atomic E-state index is -4.39. The number of ether oxygens (including phenoxy) is 2. The van der Waals surface area contributed by atoms with Crippen molar-refractivity contribution >= 4 is 38.2 Å². The van der Waals surface area contributed by atoms with Crippen molar-refractivity contribution in [1.29, 1.82) is 0 Å². The molecule has 39 heavy (non-hydrogen) atoms. The largest absolute Gasteiger partial charge is 0.417 e. The molecule has 0 bridgehead atoms. The Kier molecular flexibility index (Phi) is 7.38. The third kappa shape index (κ3) is 5.65. The number of halogens is 4. The Morgan fingerprint density at radius 2 is 1.97 bits per heavy atom. The Hall–Kier alpha value is -3.81. The average molecular weight is 579 g/mol. The van der Waals surface area contributed by atoms with E-state index in [9.17, 15) is 26.4 Å². The molecule has 14 heteroatoms. The fourth-order valence-corrected chi connectivity index (χ4v) is 5.64. The van der Waals surface area contributed by atoms with E-state index < -0.39 is 34.5 Å². The minimum absolute atomic E-state index is 0.0371. The van der Waals surface area contributed by atoms with Gasteiger partial charge in [0.05, 0.1) is 41.6 Å². The molecule has 0 spiro atoms. The molecule has 0 fully saturated rings. The summed E-state index contributed by atoms with van der Waals surface area (Å²) in [5.74, 6) is -0.884. The molecule has 2 aromatic carbocycles. The second kappa shape index (κ2) is 10.8. The first-order valence-electron chi connectivity index (χ1n) is 11.4. The van der Waals surface area contributed by atoms with Gasteiger partial charge in [0.25, 0.3) is 5.91 Å². The van der Waals surface area contributed by atoms with Gasteiger partial charge >= 0.3 is 6.61 Å². The lowest BCUT2D eigenvalue weighted by Crippen LogP contribution is -2.25. The van der Waals surface area contributed by atoms with E-state index in [4.69, 9.17) is 16.3 Å². The number of nitrogens with zero attached hydrogens (tertiary/aromatic N) is 3. The average Bonchev–Trinajstić information content (AvgIpc) is 3.02. The van der Waals surface area contributed by atoms with E-state index in [0.29, 0.717) is 27.9 Å². The van der Waals surface area contributed by atoms with Crippen LogP contribution in [0.3, 0.4) is 0 Å². The third-order valence-electron chi connectivity index (χ3n) is 5.85. The van der Waals surface area contributed by atoms with E-state index in [1.165, 1.54) is 18.2 Å². The zero-order valence-electron chi connectivity index (χ0n) is 19.8. The number of hydrogen-bond acceptors (Lipinski definition) is 8. The zero-order valence-corrected chi connectivity index (χ0v) is 21.3. The monoisotopic (exact) mass is 578 g/mol. The van der Waals surface area contributed by atoms with Crippen LogP contribution in [0.4, 0.5) is 13.2 Å². The van der Waals surface area contributed by atoms with Gasteiger partial charge in [-0.15, -0.1) is 0 Å². The van der Waals surface area contributed by atoms with E-state index in [1.54, 1.807) is 30.3 Å². The Balaban J connectivity index is 1.36. The summed E-state index contributed by atoms with van der Waals surface area (Å²) in [6.45, 7) is -3.91. The van der Waals surface area contributed by atoms with Gasteiger partial charge in [-0.2, -0.15) is 19.0 Å². The predicted molar refractivity (Wildman–Crippen MR) is 134 cm³/mol. The highest BCUT2D eigenvalue weighted by molar-refractivity contribution is 7.92. The molecule has 1 N–H and O–H groups in total. The molecular formula is C25H18ClF3N4O5S. The lowest BCUT2D eigenvalue weighted by Gasteiger charge is -2.12. The van der Waals surface area contributed by atoms with Crippen LogP contribution in [0.15, 0.2) is 59.5 Å². The van der Waals surface area contributed by atoms with Crippen LogP contribution in [-0.4, -0.2) is 48.2 Å². The number of amides is 1. The van der Waals surface area contributed by atoms with Crippen LogP contribution in [0.2, 0.25) is 5.02 Å². The topological polar surface area (TPSA) is 120 Å². The molecule has 0 saturated heterocycles. The Morgan fingerprint density at radius 1 is 1.15 bits per heavy atom. The Labute approximate surface area is 224 Å². The third-order valence-corrected chi connectivity index (χ3v) is 7.97. The molecule has 3 heterocycles. The number of aromatic nitrogens is 3. The van der Waals surface area contributed by atoms with Crippen molar-refractivity contribution in [2.45, 2.75) is 30.2 Å². The Bertz CT molecular complexity index is 1690. The summed E-state index contributed by atoms with van der Waals surface area (Å²) in [6, 6.07) is 13.6. The Morgan fingerprint density at radius 3 is 2.77 bits per heavy atom. The molecule has 1 amide bonds. The van der Waals surface area contributed by atoms with Crippen LogP contribution in [0.25, 0.3) is 22.2 Å². The lowest BCUT2D eigenvalue weighted by atomic mass is 10.1. The summed E-state index contributed by atoms with van der Waals surface area (Å²) < 4.78 is 73.7. The number of carbonyl (C=O) groups excluding carboxylic acids is 1. The first kappa shape index (κ1) is 26.8. The summed E-state index contributed by atoms with van der Waals surface area (Å²) in [7, 11) is -4.39. The van der Waals surface area contributed by atoms with Crippen molar-refractivity contribution in [2.24, 2.45) is 0 Å². The van der Waals surface area contributed by atoms with Gasteiger partial charge in [0.15, 0.2) is 0 Å². The molecule has 5 rings (SSSR count). The maximum absolute atomic E-state index is 14.2. The summed E-state index contributed by atoms with van der Waals surface area (Å²) >= 11 is 6.20. The van der Waals surface area contributed by atoms with E-state index in [0.717, 1.165) is 6.07 Å². The highest BCUT2D eigenvalue weighted by atomic mass is 35.5. The molecule has 2 aromatic heterocycles. The van der Waals surface area contributed by atoms with E-state index in [1.807, 2.05) is 0 Å². The molecule has 0 aliphatic carbocycles. The number of hydrogen-bond donors (Lipinski definition) is 1. The number of rotatable bonds is 6. The molecular weight excluding hydrogens is 561 g/mol. The van der Waals surface area contributed by atoms with Crippen LogP contribution in [0.5, 0.6) is 5.88 Å². The quantitative estimate of drug-likeness (QED) is 0.356. The van der Waals surface area contributed by atoms with Gasteiger partial charge in [0.1, 0.15) is 0 Å².